The third kappa shape index (κ3) is 2.64. The van der Waals surface area contributed by atoms with E-state index in [4.69, 9.17) is 10.5 Å². The highest BCUT2D eigenvalue weighted by molar-refractivity contribution is 5.95. The van der Waals surface area contributed by atoms with E-state index in [2.05, 4.69) is 12.2 Å². The lowest BCUT2D eigenvalue weighted by molar-refractivity contribution is 0.0812. The van der Waals surface area contributed by atoms with Gasteiger partial charge in [0.05, 0.1) is 12.1 Å². The molecule has 0 aromatic heterocycles. The van der Waals surface area contributed by atoms with E-state index in [-0.39, 0.29) is 11.4 Å². The van der Waals surface area contributed by atoms with E-state index >= 15 is 0 Å². The Balaban J connectivity index is 1.78. The van der Waals surface area contributed by atoms with Crippen LogP contribution >= 0.6 is 0 Å². The van der Waals surface area contributed by atoms with Crippen molar-refractivity contribution in [2.45, 2.75) is 44.6 Å². The molecule has 4 nitrogen and oxygen atoms in total. The van der Waals surface area contributed by atoms with Crippen LogP contribution in [0.5, 0.6) is 5.75 Å². The van der Waals surface area contributed by atoms with E-state index in [0.29, 0.717) is 24.6 Å². The van der Waals surface area contributed by atoms with Gasteiger partial charge in [-0.05, 0) is 42.5 Å². The lowest BCUT2D eigenvalue weighted by atomic mass is 9.73. The zero-order chi connectivity index (χ0) is 14.9. The summed E-state index contributed by atoms with van der Waals surface area (Å²) in [5.74, 6) is 1.33. The summed E-state index contributed by atoms with van der Waals surface area (Å²) < 4.78 is 5.49. The summed E-state index contributed by atoms with van der Waals surface area (Å²) >= 11 is 0. The van der Waals surface area contributed by atoms with E-state index in [1.165, 1.54) is 6.42 Å². The van der Waals surface area contributed by atoms with Crippen LogP contribution in [0.1, 0.15) is 48.5 Å². The average Bonchev–Trinajstić information content (AvgIpc) is 2.97. The molecule has 3 N–H and O–H groups in total. The minimum Gasteiger partial charge on any atom is -0.493 e. The maximum Gasteiger partial charge on any atom is 0.251 e. The Morgan fingerprint density at radius 3 is 3.10 bits per heavy atom. The van der Waals surface area contributed by atoms with Crippen molar-refractivity contribution in [1.82, 2.24) is 5.32 Å². The second kappa shape index (κ2) is 5.68. The molecule has 1 aliphatic heterocycles. The van der Waals surface area contributed by atoms with Gasteiger partial charge in [-0.1, -0.05) is 19.8 Å². The van der Waals surface area contributed by atoms with Gasteiger partial charge in [0, 0.05) is 18.5 Å². The van der Waals surface area contributed by atoms with Gasteiger partial charge in [-0.3, -0.25) is 4.79 Å². The monoisotopic (exact) mass is 288 g/mol. The van der Waals surface area contributed by atoms with E-state index in [0.717, 1.165) is 37.0 Å². The number of nitrogens with one attached hydrogen (secondary N) is 1. The molecule has 1 saturated carbocycles. The molecule has 4 heteroatoms. The Bertz CT molecular complexity index is 544. The van der Waals surface area contributed by atoms with Gasteiger partial charge in [0.1, 0.15) is 5.75 Å². The number of carbonyl (C=O) groups is 1. The van der Waals surface area contributed by atoms with Gasteiger partial charge >= 0.3 is 0 Å². The fourth-order valence-corrected chi connectivity index (χ4v) is 3.58. The third-order valence-corrected chi connectivity index (χ3v) is 5.13. The van der Waals surface area contributed by atoms with Crippen molar-refractivity contribution in [3.05, 3.63) is 29.3 Å². The van der Waals surface area contributed by atoms with Crippen molar-refractivity contribution < 1.29 is 9.53 Å². The Labute approximate surface area is 126 Å². The van der Waals surface area contributed by atoms with E-state index in [1.807, 2.05) is 18.2 Å². The van der Waals surface area contributed by atoms with Gasteiger partial charge in [-0.25, -0.2) is 0 Å². The van der Waals surface area contributed by atoms with Gasteiger partial charge in [0.25, 0.3) is 5.91 Å². The molecule has 1 heterocycles. The second-order valence-electron chi connectivity index (χ2n) is 6.38. The van der Waals surface area contributed by atoms with Crippen LogP contribution in [-0.2, 0) is 6.42 Å². The molecule has 0 saturated heterocycles. The predicted octanol–water partition coefficient (Wildman–Crippen LogP) is 2.26. The minimum atomic E-state index is -0.245. The molecule has 2 unspecified atom stereocenters. The smallest absolute Gasteiger partial charge is 0.251 e. The molecule has 1 amide bonds. The topological polar surface area (TPSA) is 64.3 Å². The first kappa shape index (κ1) is 14.4. The van der Waals surface area contributed by atoms with Crippen molar-refractivity contribution in [2.75, 3.05) is 13.2 Å². The molecule has 0 bridgehead atoms. The van der Waals surface area contributed by atoms with Gasteiger partial charge in [0.2, 0.25) is 0 Å². The highest BCUT2D eigenvalue weighted by Crippen LogP contribution is 2.33. The van der Waals surface area contributed by atoms with Gasteiger partial charge in [-0.15, -0.1) is 0 Å². The molecule has 1 aromatic rings. The summed E-state index contributed by atoms with van der Waals surface area (Å²) in [5, 5.41) is 3.23. The number of hydrogen-bond donors (Lipinski definition) is 2. The quantitative estimate of drug-likeness (QED) is 0.896. The van der Waals surface area contributed by atoms with Gasteiger partial charge < -0.3 is 15.8 Å². The van der Waals surface area contributed by atoms with E-state index < -0.39 is 0 Å². The molecule has 0 radical (unpaired) electrons. The summed E-state index contributed by atoms with van der Waals surface area (Å²) in [6, 6.07) is 5.70. The van der Waals surface area contributed by atoms with E-state index in [9.17, 15) is 4.79 Å². The molecular formula is C17H24N2O2. The summed E-state index contributed by atoms with van der Waals surface area (Å²) in [7, 11) is 0. The van der Waals surface area contributed by atoms with Crippen LogP contribution in [0.15, 0.2) is 18.2 Å². The van der Waals surface area contributed by atoms with Crippen molar-refractivity contribution in [3.63, 3.8) is 0 Å². The molecule has 21 heavy (non-hydrogen) atoms. The molecule has 2 atom stereocenters. The molecule has 2 aliphatic rings. The van der Waals surface area contributed by atoms with Crippen molar-refractivity contribution in [1.29, 1.82) is 0 Å². The predicted molar refractivity (Wildman–Crippen MR) is 82.5 cm³/mol. The number of ether oxygens (including phenoxy) is 1. The highest BCUT2D eigenvalue weighted by Gasteiger charge is 2.38. The van der Waals surface area contributed by atoms with Gasteiger partial charge in [-0.2, -0.15) is 0 Å². The summed E-state index contributed by atoms with van der Waals surface area (Å²) in [4.78, 5) is 12.6. The Morgan fingerprint density at radius 2 is 2.33 bits per heavy atom. The maximum atomic E-state index is 12.6. The standard InChI is InChI=1S/C17H24N2O2/c1-12-4-2-3-8-17(12,11-18)19-16(20)14-5-6-15-13(10-14)7-9-21-15/h5-6,10,12H,2-4,7-9,11,18H2,1H3,(H,19,20). The fourth-order valence-electron chi connectivity index (χ4n) is 3.58. The Kier molecular flexibility index (Phi) is 3.89. The van der Waals surface area contributed by atoms with Crippen molar-refractivity contribution >= 4 is 5.91 Å². The molecule has 3 rings (SSSR count). The number of hydrogen-bond acceptors (Lipinski definition) is 3. The SMILES string of the molecule is CC1CCCCC1(CN)NC(=O)c1ccc2c(c1)CCO2. The van der Waals surface area contributed by atoms with Crippen LogP contribution < -0.4 is 15.8 Å². The normalized spacial score (nSPS) is 27.8. The Hall–Kier alpha value is -1.55. The van der Waals surface area contributed by atoms with Crippen LogP contribution in [0.25, 0.3) is 0 Å². The first-order valence-corrected chi connectivity index (χ1v) is 7.93. The highest BCUT2D eigenvalue weighted by atomic mass is 16.5. The lowest BCUT2D eigenvalue weighted by Crippen LogP contribution is -2.59. The van der Waals surface area contributed by atoms with Crippen molar-refractivity contribution in [2.24, 2.45) is 11.7 Å². The molecule has 0 spiro atoms. The maximum absolute atomic E-state index is 12.6. The lowest BCUT2D eigenvalue weighted by Gasteiger charge is -2.42. The summed E-state index contributed by atoms with van der Waals surface area (Å²) in [6.07, 6.45) is 5.36. The number of carbonyl (C=O) groups excluding carboxylic acids is 1. The first-order valence-electron chi connectivity index (χ1n) is 7.93. The molecule has 114 valence electrons. The number of benzene rings is 1. The van der Waals surface area contributed by atoms with Crippen LogP contribution in [0, 0.1) is 5.92 Å². The molecule has 1 aromatic carbocycles. The number of rotatable bonds is 3. The van der Waals surface area contributed by atoms with Crippen LogP contribution in [-0.4, -0.2) is 24.6 Å². The second-order valence-corrected chi connectivity index (χ2v) is 6.38. The van der Waals surface area contributed by atoms with Crippen molar-refractivity contribution in [3.8, 4) is 5.75 Å². The van der Waals surface area contributed by atoms with Crippen LogP contribution in [0.2, 0.25) is 0 Å². The Morgan fingerprint density at radius 1 is 1.48 bits per heavy atom. The zero-order valence-electron chi connectivity index (χ0n) is 12.7. The number of amides is 1. The van der Waals surface area contributed by atoms with Crippen LogP contribution in [0.3, 0.4) is 0 Å². The largest absolute Gasteiger partial charge is 0.493 e. The molecule has 1 fully saturated rings. The van der Waals surface area contributed by atoms with Gasteiger partial charge in [0.15, 0.2) is 0 Å². The van der Waals surface area contributed by atoms with Crippen LogP contribution in [0.4, 0.5) is 0 Å². The number of nitrogens with two attached hydrogens (primary N) is 1. The third-order valence-electron chi connectivity index (χ3n) is 5.13. The first-order chi connectivity index (χ1) is 10.1. The summed E-state index contributed by atoms with van der Waals surface area (Å²) in [6.45, 7) is 3.42. The minimum absolute atomic E-state index is 0.0103. The zero-order valence-corrected chi connectivity index (χ0v) is 12.7. The molecule has 1 aliphatic carbocycles. The van der Waals surface area contributed by atoms with E-state index in [1.54, 1.807) is 0 Å². The summed E-state index contributed by atoms with van der Waals surface area (Å²) in [5.41, 5.74) is 7.60. The average molecular weight is 288 g/mol. The fraction of sp³-hybridized carbons (Fsp3) is 0.588. The number of fused-ring (bicyclic) bond motifs is 1. The molecular weight excluding hydrogens is 264 g/mol.